The van der Waals surface area contributed by atoms with E-state index in [-0.39, 0.29) is 17.6 Å². The number of aryl methyl sites for hydroxylation is 1. The van der Waals surface area contributed by atoms with E-state index in [1.807, 2.05) is 0 Å². The van der Waals surface area contributed by atoms with Crippen LogP contribution in [0.15, 0.2) is 18.2 Å². The number of phenolic OH excluding ortho intramolecular Hbond substituents is 2. The molecule has 0 aromatic heterocycles. The fourth-order valence-electron chi connectivity index (χ4n) is 2.57. The number of aliphatic hydroxyl groups is 4. The summed E-state index contributed by atoms with van der Waals surface area (Å²) in [5.74, 6) is -0.389. The molecular formula is C16H24O8. The van der Waals surface area contributed by atoms with E-state index in [2.05, 4.69) is 0 Å². The molecule has 0 saturated carbocycles. The number of hydrogen-bond donors (Lipinski definition) is 6. The van der Waals surface area contributed by atoms with Crippen molar-refractivity contribution in [1.82, 2.24) is 0 Å². The quantitative estimate of drug-likeness (QED) is 0.370. The van der Waals surface area contributed by atoms with Crippen molar-refractivity contribution >= 4 is 0 Å². The molecule has 6 N–H and O–H groups in total. The lowest BCUT2D eigenvalue weighted by Gasteiger charge is -2.40. The second-order valence-corrected chi connectivity index (χ2v) is 6.01. The monoisotopic (exact) mass is 344 g/mol. The average molecular weight is 344 g/mol. The Hall–Kier alpha value is -1.42. The molecule has 1 saturated heterocycles. The first-order chi connectivity index (χ1) is 11.3. The van der Waals surface area contributed by atoms with Crippen LogP contribution in [0.2, 0.25) is 0 Å². The largest absolute Gasteiger partial charge is 0.504 e. The van der Waals surface area contributed by atoms with Crippen molar-refractivity contribution in [3.63, 3.8) is 0 Å². The Balaban J connectivity index is 1.88. The first-order valence-electron chi connectivity index (χ1n) is 7.80. The van der Waals surface area contributed by atoms with Gasteiger partial charge in [-0.15, -0.1) is 0 Å². The maximum atomic E-state index is 9.92. The van der Waals surface area contributed by atoms with E-state index in [4.69, 9.17) is 14.6 Å². The van der Waals surface area contributed by atoms with E-state index in [0.29, 0.717) is 12.8 Å². The van der Waals surface area contributed by atoms with E-state index in [0.717, 1.165) is 5.56 Å². The lowest BCUT2D eigenvalue weighted by molar-refractivity contribution is -0.310. The zero-order valence-corrected chi connectivity index (χ0v) is 13.3. The summed E-state index contributed by atoms with van der Waals surface area (Å²) in [4.78, 5) is 0. The van der Waals surface area contributed by atoms with Crippen LogP contribution in [-0.2, 0) is 15.9 Å². The maximum Gasteiger partial charge on any atom is 0.186 e. The molecule has 1 aliphatic heterocycles. The Morgan fingerprint density at radius 1 is 1.08 bits per heavy atom. The summed E-state index contributed by atoms with van der Waals surface area (Å²) in [6, 6.07) is 4.53. The third kappa shape index (κ3) is 4.35. The summed E-state index contributed by atoms with van der Waals surface area (Å²) in [6.07, 6.45) is -5.77. The summed E-state index contributed by atoms with van der Waals surface area (Å²) >= 11 is 0. The van der Waals surface area contributed by atoms with Gasteiger partial charge in [0.1, 0.15) is 24.4 Å². The van der Waals surface area contributed by atoms with Gasteiger partial charge in [0, 0.05) is 0 Å². The molecule has 0 spiro atoms. The van der Waals surface area contributed by atoms with Crippen LogP contribution in [0, 0.1) is 0 Å². The standard InChI is InChI=1S/C16H24O8/c1-8(2-3-9-4-5-10(18)11(19)6-9)23-16-15(22)14(21)13(20)12(7-17)24-16/h4-6,8,12-22H,2-3,7H2,1H3/t8-,12+,13+,14-,15+,16+/m0/s1. The predicted octanol–water partition coefficient (Wildman–Crippen LogP) is -0.765. The number of benzene rings is 1. The van der Waals surface area contributed by atoms with Gasteiger partial charge >= 0.3 is 0 Å². The van der Waals surface area contributed by atoms with Crippen molar-refractivity contribution in [3.05, 3.63) is 23.8 Å². The van der Waals surface area contributed by atoms with Crippen LogP contribution < -0.4 is 0 Å². The van der Waals surface area contributed by atoms with Gasteiger partial charge in [-0.1, -0.05) is 6.07 Å². The van der Waals surface area contributed by atoms with Gasteiger partial charge in [0.25, 0.3) is 0 Å². The van der Waals surface area contributed by atoms with Gasteiger partial charge in [0.15, 0.2) is 17.8 Å². The first-order valence-corrected chi connectivity index (χ1v) is 7.80. The van der Waals surface area contributed by atoms with Gasteiger partial charge in [0.05, 0.1) is 12.7 Å². The fourth-order valence-corrected chi connectivity index (χ4v) is 2.57. The molecule has 1 fully saturated rings. The Kier molecular flexibility index (Phi) is 6.39. The highest BCUT2D eigenvalue weighted by Gasteiger charge is 2.44. The molecule has 24 heavy (non-hydrogen) atoms. The molecule has 0 amide bonds. The van der Waals surface area contributed by atoms with Crippen molar-refractivity contribution in [3.8, 4) is 11.5 Å². The minimum absolute atomic E-state index is 0.190. The molecule has 0 bridgehead atoms. The second-order valence-electron chi connectivity index (χ2n) is 6.01. The van der Waals surface area contributed by atoms with Crippen LogP contribution in [0.5, 0.6) is 11.5 Å². The number of aromatic hydroxyl groups is 2. The van der Waals surface area contributed by atoms with Crippen molar-refractivity contribution in [2.75, 3.05) is 6.61 Å². The minimum atomic E-state index is -1.47. The normalized spacial score (nSPS) is 31.8. The molecule has 1 heterocycles. The minimum Gasteiger partial charge on any atom is -0.504 e. The van der Waals surface area contributed by atoms with Crippen LogP contribution >= 0.6 is 0 Å². The summed E-state index contributed by atoms with van der Waals surface area (Å²) in [5, 5.41) is 57.2. The van der Waals surface area contributed by atoms with Gasteiger partial charge in [-0.25, -0.2) is 0 Å². The zero-order chi connectivity index (χ0) is 17.9. The van der Waals surface area contributed by atoms with Gasteiger partial charge in [-0.2, -0.15) is 0 Å². The van der Waals surface area contributed by atoms with Gasteiger partial charge < -0.3 is 40.1 Å². The molecule has 8 nitrogen and oxygen atoms in total. The maximum absolute atomic E-state index is 9.92. The zero-order valence-electron chi connectivity index (χ0n) is 13.3. The van der Waals surface area contributed by atoms with Crippen molar-refractivity contribution < 1.29 is 40.1 Å². The summed E-state index contributed by atoms with van der Waals surface area (Å²) in [7, 11) is 0. The molecule has 6 atom stereocenters. The number of aliphatic hydroxyl groups excluding tert-OH is 4. The molecule has 1 aliphatic rings. The highest BCUT2D eigenvalue weighted by atomic mass is 16.7. The van der Waals surface area contributed by atoms with Crippen molar-refractivity contribution in [2.45, 2.75) is 56.6 Å². The van der Waals surface area contributed by atoms with Crippen LogP contribution in [0.3, 0.4) is 0 Å². The van der Waals surface area contributed by atoms with E-state index in [1.165, 1.54) is 12.1 Å². The number of phenols is 2. The number of hydrogen-bond acceptors (Lipinski definition) is 8. The van der Waals surface area contributed by atoms with Crippen molar-refractivity contribution in [2.24, 2.45) is 0 Å². The molecule has 1 aromatic rings. The number of rotatable bonds is 6. The van der Waals surface area contributed by atoms with Crippen LogP contribution in [-0.4, -0.2) is 74.1 Å². The lowest BCUT2D eigenvalue weighted by Crippen LogP contribution is -2.59. The topological polar surface area (TPSA) is 140 Å². The molecule has 0 unspecified atom stereocenters. The summed E-state index contributed by atoms with van der Waals surface area (Å²) in [6.45, 7) is 1.24. The molecule has 8 heteroatoms. The Labute approximate surface area is 139 Å². The van der Waals surface area contributed by atoms with Gasteiger partial charge in [0.2, 0.25) is 0 Å². The van der Waals surface area contributed by atoms with E-state index in [1.54, 1.807) is 13.0 Å². The third-order valence-electron chi connectivity index (χ3n) is 4.09. The molecule has 2 rings (SSSR count). The highest BCUT2D eigenvalue weighted by Crippen LogP contribution is 2.27. The molecule has 0 radical (unpaired) electrons. The SMILES string of the molecule is C[C@@H](CCc1ccc(O)c(O)c1)O[C@@H]1O[C@H](CO)[C@@H](O)[C@H](O)[C@H]1O. The smallest absolute Gasteiger partial charge is 0.186 e. The molecule has 1 aromatic carbocycles. The summed E-state index contributed by atoms with van der Waals surface area (Å²) in [5.41, 5.74) is 0.801. The van der Waals surface area contributed by atoms with Gasteiger partial charge in [-0.3, -0.25) is 0 Å². The van der Waals surface area contributed by atoms with E-state index < -0.39 is 37.3 Å². The highest BCUT2D eigenvalue weighted by molar-refractivity contribution is 5.40. The van der Waals surface area contributed by atoms with Crippen LogP contribution in [0.4, 0.5) is 0 Å². The summed E-state index contributed by atoms with van der Waals surface area (Å²) < 4.78 is 10.8. The van der Waals surface area contributed by atoms with Crippen LogP contribution in [0.25, 0.3) is 0 Å². The van der Waals surface area contributed by atoms with Crippen molar-refractivity contribution in [1.29, 1.82) is 0 Å². The first kappa shape index (κ1) is 18.9. The Morgan fingerprint density at radius 2 is 1.79 bits per heavy atom. The average Bonchev–Trinajstić information content (AvgIpc) is 2.56. The van der Waals surface area contributed by atoms with E-state index >= 15 is 0 Å². The van der Waals surface area contributed by atoms with Gasteiger partial charge in [-0.05, 0) is 37.5 Å². The molecule has 0 aliphatic carbocycles. The predicted molar refractivity (Wildman–Crippen MR) is 82.4 cm³/mol. The lowest BCUT2D eigenvalue weighted by atomic mass is 9.99. The third-order valence-corrected chi connectivity index (χ3v) is 4.09. The molecular weight excluding hydrogens is 320 g/mol. The Morgan fingerprint density at radius 3 is 2.42 bits per heavy atom. The second kappa shape index (κ2) is 8.11. The Bertz CT molecular complexity index is 535. The fraction of sp³-hybridized carbons (Fsp3) is 0.625. The van der Waals surface area contributed by atoms with E-state index in [9.17, 15) is 25.5 Å². The van der Waals surface area contributed by atoms with Crippen LogP contribution in [0.1, 0.15) is 18.9 Å². The molecule has 136 valence electrons. The number of ether oxygens (including phenoxy) is 2.